The monoisotopic (exact) mass is 546 g/mol. The summed E-state index contributed by atoms with van der Waals surface area (Å²) in [6.07, 6.45) is 2.54. The van der Waals surface area contributed by atoms with Gasteiger partial charge in [0.05, 0.1) is 5.52 Å². The Bertz CT molecular complexity index is 1490. The molecule has 0 bridgehead atoms. The van der Waals surface area contributed by atoms with Crippen LogP contribution in [-0.2, 0) is 9.59 Å². The third kappa shape index (κ3) is 7.60. The first-order valence-corrected chi connectivity index (χ1v) is 12.9. The molecule has 0 saturated heterocycles. The van der Waals surface area contributed by atoms with Crippen LogP contribution in [0, 0.1) is 0 Å². The fraction of sp³-hybridized carbons (Fsp3) is 0.148. The van der Waals surface area contributed by atoms with Crippen molar-refractivity contribution < 1.29 is 24.3 Å². The van der Waals surface area contributed by atoms with Gasteiger partial charge < -0.3 is 20.7 Å². The molecular weight excluding hydrogens is 520 g/mol. The van der Waals surface area contributed by atoms with Gasteiger partial charge in [-0.3, -0.25) is 19.6 Å². The summed E-state index contributed by atoms with van der Waals surface area (Å²) in [6.45, 7) is 3.87. The third-order valence-corrected chi connectivity index (χ3v) is 6.31. The van der Waals surface area contributed by atoms with Crippen LogP contribution in [0.1, 0.15) is 29.6 Å². The molecule has 200 valence electrons. The topological polar surface area (TPSA) is 155 Å². The molecule has 0 radical (unpaired) electrons. The van der Waals surface area contributed by atoms with Gasteiger partial charge in [0.25, 0.3) is 5.91 Å². The number of aromatic nitrogens is 2. The Labute approximate surface area is 227 Å². The highest BCUT2D eigenvalue weighted by Crippen LogP contribution is 2.33. The van der Waals surface area contributed by atoms with Gasteiger partial charge in [0.15, 0.2) is 0 Å². The van der Waals surface area contributed by atoms with Crippen molar-refractivity contribution in [3.8, 4) is 11.6 Å². The number of nitrogens with one attached hydrogen (secondary N) is 4. The molecule has 3 amide bonds. The number of benzene rings is 2. The second-order valence-electron chi connectivity index (χ2n) is 8.26. The van der Waals surface area contributed by atoms with E-state index in [-0.39, 0.29) is 18.2 Å². The van der Waals surface area contributed by atoms with E-state index in [1.54, 1.807) is 54.0 Å². The zero-order valence-corrected chi connectivity index (χ0v) is 21.6. The number of ether oxygens (including phenoxy) is 1. The summed E-state index contributed by atoms with van der Waals surface area (Å²) in [5.74, 6) is 0.158. The number of carbonyl (C=O) groups excluding carboxylic acids is 3. The lowest BCUT2D eigenvalue weighted by atomic mass is 10.2. The highest BCUT2D eigenvalue weighted by molar-refractivity contribution is 7.17. The number of fused-ring (bicyclic) bond motifs is 1. The molecule has 0 spiro atoms. The minimum atomic E-state index is -0.450. The SMILES string of the molecule is C=CC(=O)Nc1cccc(Oc2nc(Nc3ccc(C(=O)NCCCCC(=O)NO)cc3)nc3ccsc23)c1. The standard InChI is InChI=1S/C27H26N6O5S/c1-2-22(34)29-19-6-5-7-20(16-19)38-26-24-21(13-15-39-24)31-27(32-26)30-18-11-9-17(10-12-18)25(36)28-14-4-3-8-23(35)33-37/h2,5-7,9-13,15-16,37H,1,3-4,8,14H2,(H,28,36)(H,29,34)(H,33,35)(H,30,31,32). The van der Waals surface area contributed by atoms with Crippen LogP contribution in [0.15, 0.2) is 72.6 Å². The molecule has 0 fully saturated rings. The number of thiophene rings is 1. The number of carbonyl (C=O) groups is 3. The Morgan fingerprint density at radius 1 is 1.03 bits per heavy atom. The lowest BCUT2D eigenvalue weighted by molar-refractivity contribution is -0.129. The van der Waals surface area contributed by atoms with E-state index in [0.717, 1.165) is 4.70 Å². The van der Waals surface area contributed by atoms with Gasteiger partial charge in [0.2, 0.25) is 23.6 Å². The molecular formula is C27H26N6O5S. The molecule has 39 heavy (non-hydrogen) atoms. The molecule has 12 heteroatoms. The van der Waals surface area contributed by atoms with Crippen molar-refractivity contribution in [2.24, 2.45) is 0 Å². The lowest BCUT2D eigenvalue weighted by Gasteiger charge is -2.11. The molecule has 0 aliphatic heterocycles. The normalized spacial score (nSPS) is 10.5. The average Bonchev–Trinajstić information content (AvgIpc) is 3.42. The van der Waals surface area contributed by atoms with E-state index in [2.05, 4.69) is 32.5 Å². The highest BCUT2D eigenvalue weighted by atomic mass is 32.1. The van der Waals surface area contributed by atoms with Crippen LogP contribution in [0.5, 0.6) is 11.6 Å². The van der Waals surface area contributed by atoms with Gasteiger partial charge in [0.1, 0.15) is 10.4 Å². The number of hydrogen-bond donors (Lipinski definition) is 5. The number of unbranched alkanes of at least 4 members (excludes halogenated alkanes) is 1. The molecule has 0 aliphatic carbocycles. The van der Waals surface area contributed by atoms with Crippen molar-refractivity contribution in [1.82, 2.24) is 20.8 Å². The molecule has 0 aliphatic rings. The summed E-state index contributed by atoms with van der Waals surface area (Å²) < 4.78 is 6.83. The summed E-state index contributed by atoms with van der Waals surface area (Å²) in [6, 6.07) is 15.7. The number of amides is 3. The largest absolute Gasteiger partial charge is 0.437 e. The van der Waals surface area contributed by atoms with E-state index >= 15 is 0 Å². The summed E-state index contributed by atoms with van der Waals surface area (Å²) in [5, 5.41) is 19.0. The zero-order valence-electron chi connectivity index (χ0n) is 20.8. The fourth-order valence-electron chi connectivity index (χ4n) is 3.51. The van der Waals surface area contributed by atoms with Crippen molar-refractivity contribution in [1.29, 1.82) is 0 Å². The quantitative estimate of drug-likeness (QED) is 0.0738. The minimum absolute atomic E-state index is 0.194. The molecule has 0 unspecified atom stereocenters. The van der Waals surface area contributed by atoms with Crippen molar-refractivity contribution in [2.75, 3.05) is 17.2 Å². The zero-order chi connectivity index (χ0) is 27.6. The number of hydrogen-bond acceptors (Lipinski definition) is 9. The van der Waals surface area contributed by atoms with Gasteiger partial charge in [-0.15, -0.1) is 11.3 Å². The fourth-order valence-corrected chi connectivity index (χ4v) is 4.26. The number of hydroxylamine groups is 1. The summed E-state index contributed by atoms with van der Waals surface area (Å²) >= 11 is 1.45. The first kappa shape index (κ1) is 27.2. The van der Waals surface area contributed by atoms with Crippen LogP contribution in [0.3, 0.4) is 0 Å². The number of rotatable bonds is 12. The van der Waals surface area contributed by atoms with Crippen molar-refractivity contribution in [3.05, 3.63) is 78.2 Å². The molecule has 11 nitrogen and oxygen atoms in total. The van der Waals surface area contributed by atoms with Crippen LogP contribution in [-0.4, -0.2) is 39.4 Å². The smallest absolute Gasteiger partial charge is 0.251 e. The molecule has 2 aromatic heterocycles. The van der Waals surface area contributed by atoms with Gasteiger partial charge >= 0.3 is 0 Å². The van der Waals surface area contributed by atoms with E-state index in [1.807, 2.05) is 11.4 Å². The van der Waals surface area contributed by atoms with Gasteiger partial charge in [-0.05, 0) is 66.8 Å². The molecule has 2 heterocycles. The maximum atomic E-state index is 12.4. The molecule has 2 aromatic carbocycles. The summed E-state index contributed by atoms with van der Waals surface area (Å²) in [5.41, 5.74) is 4.00. The second-order valence-corrected chi connectivity index (χ2v) is 9.18. The molecule has 4 rings (SSSR count). The molecule has 4 aromatic rings. The van der Waals surface area contributed by atoms with Crippen molar-refractivity contribution in [3.63, 3.8) is 0 Å². The van der Waals surface area contributed by atoms with Gasteiger partial charge in [-0.1, -0.05) is 12.6 Å². The Balaban J connectivity index is 1.41. The highest BCUT2D eigenvalue weighted by Gasteiger charge is 2.13. The van der Waals surface area contributed by atoms with Crippen LogP contribution in [0.25, 0.3) is 10.2 Å². The Morgan fingerprint density at radius 2 is 1.85 bits per heavy atom. The first-order valence-electron chi connectivity index (χ1n) is 12.0. The Morgan fingerprint density at radius 3 is 2.62 bits per heavy atom. The van der Waals surface area contributed by atoms with E-state index in [0.29, 0.717) is 59.4 Å². The number of nitrogens with zero attached hydrogens (tertiary/aromatic N) is 2. The molecule has 0 saturated carbocycles. The first-order chi connectivity index (χ1) is 18.9. The van der Waals surface area contributed by atoms with Crippen LogP contribution in [0.2, 0.25) is 0 Å². The second kappa shape index (κ2) is 13.1. The number of anilines is 3. The summed E-state index contributed by atoms with van der Waals surface area (Å²) in [4.78, 5) is 44.1. The summed E-state index contributed by atoms with van der Waals surface area (Å²) in [7, 11) is 0. The van der Waals surface area contributed by atoms with Gasteiger partial charge in [-0.2, -0.15) is 4.98 Å². The van der Waals surface area contributed by atoms with Gasteiger partial charge in [-0.25, -0.2) is 10.5 Å². The van der Waals surface area contributed by atoms with Crippen LogP contribution in [0.4, 0.5) is 17.3 Å². The predicted octanol–water partition coefficient (Wildman–Crippen LogP) is 4.76. The van der Waals surface area contributed by atoms with E-state index < -0.39 is 5.91 Å². The van der Waals surface area contributed by atoms with Crippen molar-refractivity contribution >= 4 is 56.6 Å². The van der Waals surface area contributed by atoms with Crippen LogP contribution >= 0.6 is 11.3 Å². The minimum Gasteiger partial charge on any atom is -0.437 e. The average molecular weight is 547 g/mol. The van der Waals surface area contributed by atoms with E-state index in [4.69, 9.17) is 9.94 Å². The van der Waals surface area contributed by atoms with Gasteiger partial charge in [0, 0.05) is 36.0 Å². The molecule has 0 atom stereocenters. The maximum Gasteiger partial charge on any atom is 0.251 e. The predicted molar refractivity (Wildman–Crippen MR) is 149 cm³/mol. The van der Waals surface area contributed by atoms with E-state index in [1.165, 1.54) is 17.4 Å². The van der Waals surface area contributed by atoms with E-state index in [9.17, 15) is 14.4 Å². The molecule has 5 N–H and O–H groups in total. The maximum absolute atomic E-state index is 12.4. The third-order valence-electron chi connectivity index (χ3n) is 5.42. The Kier molecular flexibility index (Phi) is 9.16. The lowest BCUT2D eigenvalue weighted by Crippen LogP contribution is -2.25. The van der Waals surface area contributed by atoms with Crippen molar-refractivity contribution in [2.45, 2.75) is 19.3 Å². The Hall–Kier alpha value is -4.81. The van der Waals surface area contributed by atoms with Crippen LogP contribution < -0.4 is 26.2 Å².